The van der Waals surface area contributed by atoms with Crippen LogP contribution in [0.4, 0.5) is 4.39 Å². The van der Waals surface area contributed by atoms with E-state index >= 15 is 0 Å². The summed E-state index contributed by atoms with van der Waals surface area (Å²) in [5.74, 6) is 0.865. The quantitative estimate of drug-likeness (QED) is 0.477. The lowest BCUT2D eigenvalue weighted by atomic mass is 9.83. The largest absolute Gasteiger partial charge is 0.491 e. The molecule has 1 aliphatic heterocycles. The summed E-state index contributed by atoms with van der Waals surface area (Å²) in [5.41, 5.74) is 3.29. The first-order chi connectivity index (χ1) is 15.7. The highest BCUT2D eigenvalue weighted by molar-refractivity contribution is 5.98. The molecule has 2 aromatic rings. The van der Waals surface area contributed by atoms with Crippen LogP contribution in [0.1, 0.15) is 34.3 Å². The molecule has 2 aliphatic rings. The first-order valence-electron chi connectivity index (χ1n) is 11.6. The second-order valence-electron chi connectivity index (χ2n) is 8.66. The van der Waals surface area contributed by atoms with Gasteiger partial charge < -0.3 is 14.6 Å². The Kier molecular flexibility index (Phi) is 7.90. The average molecular weight is 442 g/mol. The topological polar surface area (TPSA) is 59.0 Å². The molecule has 1 N–H and O–H groups in total. The Bertz CT molecular complexity index is 880. The minimum Gasteiger partial charge on any atom is -0.491 e. The Balaban J connectivity index is 1.26. The molecule has 1 aliphatic carbocycles. The molecule has 0 unspecified atom stereocenters. The SMILES string of the molecule is O=C(c1ccc(OCCOCCF)cc1)C1CCN([C@@H]2Cc3ccccc3C[C@H]2O)CC1. The van der Waals surface area contributed by atoms with Crippen LogP contribution in [0, 0.1) is 5.92 Å². The summed E-state index contributed by atoms with van der Waals surface area (Å²) in [5, 5.41) is 10.7. The monoisotopic (exact) mass is 441 g/mol. The lowest BCUT2D eigenvalue weighted by Crippen LogP contribution is -2.51. The van der Waals surface area contributed by atoms with Crippen molar-refractivity contribution in [3.05, 3.63) is 65.2 Å². The van der Waals surface area contributed by atoms with Gasteiger partial charge in [-0.15, -0.1) is 0 Å². The van der Waals surface area contributed by atoms with Crippen molar-refractivity contribution in [1.29, 1.82) is 0 Å². The number of ether oxygens (including phenoxy) is 2. The maximum absolute atomic E-state index is 13.0. The zero-order valence-electron chi connectivity index (χ0n) is 18.4. The highest BCUT2D eigenvalue weighted by Gasteiger charge is 2.35. The molecular formula is C26H32FNO4. The zero-order chi connectivity index (χ0) is 22.3. The Labute approximate surface area is 189 Å². The van der Waals surface area contributed by atoms with Crippen molar-refractivity contribution in [2.75, 3.05) is 39.6 Å². The van der Waals surface area contributed by atoms with Gasteiger partial charge in [0.05, 0.1) is 19.3 Å². The average Bonchev–Trinajstić information content (AvgIpc) is 2.83. The molecule has 5 nitrogen and oxygen atoms in total. The predicted octanol–water partition coefficient (Wildman–Crippen LogP) is 3.47. The van der Waals surface area contributed by atoms with Gasteiger partial charge in [-0.05, 0) is 67.7 Å². The number of aliphatic hydroxyl groups excluding tert-OH is 1. The third-order valence-electron chi connectivity index (χ3n) is 6.65. The first kappa shape index (κ1) is 22.9. The van der Waals surface area contributed by atoms with Crippen LogP contribution in [0.3, 0.4) is 0 Å². The number of aliphatic hydroxyl groups is 1. The molecular weight excluding hydrogens is 409 g/mol. The van der Waals surface area contributed by atoms with Crippen LogP contribution in [0.25, 0.3) is 0 Å². The predicted molar refractivity (Wildman–Crippen MR) is 121 cm³/mol. The number of alkyl halides is 1. The van der Waals surface area contributed by atoms with Crippen molar-refractivity contribution in [2.45, 2.75) is 37.8 Å². The van der Waals surface area contributed by atoms with E-state index < -0.39 is 6.67 Å². The maximum Gasteiger partial charge on any atom is 0.166 e. The number of fused-ring (bicyclic) bond motifs is 1. The van der Waals surface area contributed by atoms with Gasteiger partial charge in [0.15, 0.2) is 5.78 Å². The summed E-state index contributed by atoms with van der Waals surface area (Å²) in [6.07, 6.45) is 2.85. The van der Waals surface area contributed by atoms with E-state index in [1.165, 1.54) is 11.1 Å². The van der Waals surface area contributed by atoms with Crippen LogP contribution in [0.15, 0.2) is 48.5 Å². The number of ketones is 1. The van der Waals surface area contributed by atoms with E-state index in [1.807, 2.05) is 18.2 Å². The van der Waals surface area contributed by atoms with E-state index in [2.05, 4.69) is 23.1 Å². The Morgan fingerprint density at radius 3 is 2.34 bits per heavy atom. The Morgan fingerprint density at radius 1 is 0.969 bits per heavy atom. The van der Waals surface area contributed by atoms with E-state index in [1.54, 1.807) is 12.1 Å². The normalized spacial score (nSPS) is 21.8. The van der Waals surface area contributed by atoms with Gasteiger partial charge >= 0.3 is 0 Å². The van der Waals surface area contributed by atoms with Gasteiger partial charge in [0.2, 0.25) is 0 Å². The molecule has 172 valence electrons. The van der Waals surface area contributed by atoms with Gasteiger partial charge in [-0.3, -0.25) is 9.69 Å². The Morgan fingerprint density at radius 2 is 1.66 bits per heavy atom. The van der Waals surface area contributed by atoms with Gasteiger partial charge in [0.1, 0.15) is 19.0 Å². The van der Waals surface area contributed by atoms with Gasteiger partial charge in [0, 0.05) is 23.9 Å². The molecule has 0 aromatic heterocycles. The number of rotatable bonds is 9. The van der Waals surface area contributed by atoms with E-state index in [9.17, 15) is 14.3 Å². The number of likely N-dealkylation sites (tertiary alicyclic amines) is 1. The summed E-state index contributed by atoms with van der Waals surface area (Å²) < 4.78 is 22.6. The standard InChI is InChI=1S/C26H32FNO4/c27-11-14-31-15-16-32-23-7-5-19(6-8-23)26(30)20-9-12-28(13-10-20)24-17-21-3-1-2-4-22(21)18-25(24)29/h1-8,20,24-25,29H,9-18H2/t24-,25-/m1/s1. The zero-order valence-corrected chi connectivity index (χ0v) is 18.4. The number of carbonyl (C=O) groups is 1. The fraction of sp³-hybridized carbons (Fsp3) is 0.500. The summed E-state index contributed by atoms with van der Waals surface area (Å²) in [6, 6.07) is 15.7. The maximum atomic E-state index is 13.0. The molecule has 0 radical (unpaired) electrons. The van der Waals surface area contributed by atoms with Crippen molar-refractivity contribution >= 4 is 5.78 Å². The van der Waals surface area contributed by atoms with Gasteiger partial charge in [-0.2, -0.15) is 0 Å². The number of carbonyl (C=O) groups excluding carboxylic acids is 1. The van der Waals surface area contributed by atoms with Crippen molar-refractivity contribution in [1.82, 2.24) is 4.90 Å². The van der Waals surface area contributed by atoms with Crippen LogP contribution in [0.5, 0.6) is 5.75 Å². The minimum atomic E-state index is -0.495. The fourth-order valence-corrected chi connectivity index (χ4v) is 4.87. The number of Topliss-reactive ketones (excluding diaryl/α,β-unsaturated/α-hetero) is 1. The number of halogens is 1. The second-order valence-corrected chi connectivity index (χ2v) is 8.66. The van der Waals surface area contributed by atoms with Crippen LogP contribution in [0.2, 0.25) is 0 Å². The minimum absolute atomic E-state index is 0.0140. The smallest absolute Gasteiger partial charge is 0.166 e. The van der Waals surface area contributed by atoms with Crippen molar-refractivity contribution in [2.24, 2.45) is 5.92 Å². The molecule has 32 heavy (non-hydrogen) atoms. The van der Waals surface area contributed by atoms with Crippen LogP contribution in [-0.4, -0.2) is 67.5 Å². The molecule has 1 saturated heterocycles. The molecule has 1 fully saturated rings. The van der Waals surface area contributed by atoms with E-state index in [0.29, 0.717) is 30.9 Å². The number of nitrogens with zero attached hydrogens (tertiary/aromatic N) is 1. The van der Waals surface area contributed by atoms with Crippen molar-refractivity contribution in [3.8, 4) is 5.75 Å². The van der Waals surface area contributed by atoms with Crippen LogP contribution in [-0.2, 0) is 17.6 Å². The van der Waals surface area contributed by atoms with E-state index in [4.69, 9.17) is 9.47 Å². The third kappa shape index (κ3) is 5.55. The number of hydrogen-bond donors (Lipinski definition) is 1. The van der Waals surface area contributed by atoms with Crippen molar-refractivity contribution in [3.63, 3.8) is 0 Å². The molecule has 0 spiro atoms. The number of hydrogen-bond acceptors (Lipinski definition) is 5. The van der Waals surface area contributed by atoms with Crippen LogP contribution < -0.4 is 4.74 Å². The summed E-state index contributed by atoms with van der Waals surface area (Å²) in [4.78, 5) is 15.4. The summed E-state index contributed by atoms with van der Waals surface area (Å²) in [7, 11) is 0. The molecule has 4 rings (SSSR count). The van der Waals surface area contributed by atoms with Crippen LogP contribution >= 0.6 is 0 Å². The lowest BCUT2D eigenvalue weighted by Gasteiger charge is -2.41. The summed E-state index contributed by atoms with van der Waals surface area (Å²) in [6.45, 7) is 1.95. The molecule has 0 amide bonds. The Hall–Kier alpha value is -2.28. The van der Waals surface area contributed by atoms with E-state index in [0.717, 1.165) is 32.4 Å². The lowest BCUT2D eigenvalue weighted by molar-refractivity contribution is 0.0239. The van der Waals surface area contributed by atoms with Gasteiger partial charge in [0.25, 0.3) is 0 Å². The third-order valence-corrected chi connectivity index (χ3v) is 6.65. The van der Waals surface area contributed by atoms with Gasteiger partial charge in [-0.25, -0.2) is 4.39 Å². The molecule has 2 atom stereocenters. The second kappa shape index (κ2) is 11.0. The summed E-state index contributed by atoms with van der Waals surface area (Å²) >= 11 is 0. The molecule has 2 aromatic carbocycles. The molecule has 1 heterocycles. The van der Waals surface area contributed by atoms with Crippen molar-refractivity contribution < 1.29 is 23.8 Å². The number of piperidine rings is 1. The fourth-order valence-electron chi connectivity index (χ4n) is 4.87. The number of benzene rings is 2. The molecule has 0 bridgehead atoms. The van der Waals surface area contributed by atoms with Gasteiger partial charge in [-0.1, -0.05) is 24.3 Å². The first-order valence-corrected chi connectivity index (χ1v) is 11.6. The molecule has 0 saturated carbocycles. The molecule has 6 heteroatoms. The van der Waals surface area contributed by atoms with E-state index in [-0.39, 0.29) is 30.5 Å². The highest BCUT2D eigenvalue weighted by Crippen LogP contribution is 2.29. The highest BCUT2D eigenvalue weighted by atomic mass is 19.1.